The Morgan fingerprint density at radius 2 is 1.35 bits per heavy atom. The van der Waals surface area contributed by atoms with Crippen LogP contribution >= 0.6 is 0 Å². The predicted molar refractivity (Wildman–Crippen MR) is 101 cm³/mol. The van der Waals surface area contributed by atoms with Gasteiger partial charge in [-0.05, 0) is 49.4 Å². The normalized spacial score (nSPS) is 11.6. The molecule has 0 spiro atoms. The molecule has 26 heavy (non-hydrogen) atoms. The van der Waals surface area contributed by atoms with Gasteiger partial charge in [0.25, 0.3) is 0 Å². The molecule has 0 saturated carbocycles. The summed E-state index contributed by atoms with van der Waals surface area (Å²) in [7, 11) is 0. The van der Waals surface area contributed by atoms with E-state index in [0.717, 1.165) is 25.7 Å². The number of unbranched alkanes of at least 4 members (excludes halogenated alkanes) is 1. The fourth-order valence-corrected chi connectivity index (χ4v) is 2.61. The Morgan fingerprint density at radius 3 is 1.88 bits per heavy atom. The van der Waals surface area contributed by atoms with Crippen molar-refractivity contribution in [2.75, 3.05) is 13.2 Å². The van der Waals surface area contributed by atoms with Gasteiger partial charge in [0.1, 0.15) is 0 Å². The largest absolute Gasteiger partial charge is 0.462 e. The lowest BCUT2D eigenvalue weighted by Gasteiger charge is -2.15. The molecule has 2 rings (SSSR count). The topological polar surface area (TPSA) is 52.6 Å². The summed E-state index contributed by atoms with van der Waals surface area (Å²) < 4.78 is 10.7. The van der Waals surface area contributed by atoms with E-state index in [2.05, 4.69) is 6.92 Å². The van der Waals surface area contributed by atoms with Crippen LogP contribution in [0.25, 0.3) is 0 Å². The molecule has 2 aromatic carbocycles. The summed E-state index contributed by atoms with van der Waals surface area (Å²) in [5.41, 5.74) is 1.15. The van der Waals surface area contributed by atoms with Crippen LogP contribution in [-0.2, 0) is 9.47 Å². The molecule has 0 aliphatic heterocycles. The zero-order chi connectivity index (χ0) is 18.6. The number of carbonyl (C=O) groups is 2. The summed E-state index contributed by atoms with van der Waals surface area (Å²) in [4.78, 5) is 23.8. The van der Waals surface area contributed by atoms with E-state index in [1.54, 1.807) is 24.3 Å². The second-order valence-electron chi connectivity index (χ2n) is 6.24. The molecule has 1 unspecified atom stereocenters. The fourth-order valence-electron chi connectivity index (χ4n) is 2.61. The highest BCUT2D eigenvalue weighted by Crippen LogP contribution is 2.14. The minimum absolute atomic E-state index is 0.277. The van der Waals surface area contributed by atoms with Crippen molar-refractivity contribution in [3.63, 3.8) is 0 Å². The van der Waals surface area contributed by atoms with Crippen LogP contribution < -0.4 is 0 Å². The maximum Gasteiger partial charge on any atom is 0.338 e. The Labute approximate surface area is 155 Å². The van der Waals surface area contributed by atoms with E-state index in [1.807, 2.05) is 36.4 Å². The molecular weight excluding hydrogens is 328 g/mol. The summed E-state index contributed by atoms with van der Waals surface area (Å²) in [5, 5.41) is 0. The molecule has 138 valence electrons. The molecule has 4 nitrogen and oxygen atoms in total. The second kappa shape index (κ2) is 11.1. The Balaban J connectivity index is 1.61. The maximum absolute atomic E-state index is 12.0. The van der Waals surface area contributed by atoms with Crippen LogP contribution in [0.1, 0.15) is 53.3 Å². The van der Waals surface area contributed by atoms with Crippen LogP contribution in [0, 0.1) is 5.92 Å². The molecule has 0 saturated heterocycles. The van der Waals surface area contributed by atoms with E-state index in [1.165, 1.54) is 0 Å². The van der Waals surface area contributed by atoms with E-state index in [-0.39, 0.29) is 11.9 Å². The first-order valence-electron chi connectivity index (χ1n) is 9.15. The summed E-state index contributed by atoms with van der Waals surface area (Å²) in [6, 6.07) is 18.0. The van der Waals surface area contributed by atoms with Crippen molar-refractivity contribution in [1.29, 1.82) is 0 Å². The van der Waals surface area contributed by atoms with Crippen LogP contribution in [0.15, 0.2) is 60.7 Å². The minimum atomic E-state index is -0.283. The number of rotatable bonds is 10. The number of benzene rings is 2. The van der Waals surface area contributed by atoms with Crippen LogP contribution in [0.5, 0.6) is 0 Å². The quantitative estimate of drug-likeness (QED) is 0.450. The first-order chi connectivity index (χ1) is 12.7. The maximum atomic E-state index is 12.0. The first kappa shape index (κ1) is 19.7. The molecule has 4 heteroatoms. The van der Waals surface area contributed by atoms with Gasteiger partial charge in [-0.15, -0.1) is 0 Å². The Kier molecular flexibility index (Phi) is 8.40. The SMILES string of the molecule is CCC(CCCCOC(=O)c1ccccc1)COC(=O)c1ccccc1. The Hall–Kier alpha value is -2.62. The van der Waals surface area contributed by atoms with Crippen LogP contribution in [0.3, 0.4) is 0 Å². The van der Waals surface area contributed by atoms with E-state index < -0.39 is 0 Å². The predicted octanol–water partition coefficient (Wildman–Crippen LogP) is 4.90. The summed E-state index contributed by atoms with van der Waals surface area (Å²) in [5.74, 6) is -0.234. The third-order valence-electron chi connectivity index (χ3n) is 4.29. The molecule has 0 aliphatic rings. The van der Waals surface area contributed by atoms with Crippen molar-refractivity contribution in [3.05, 3.63) is 71.8 Å². The van der Waals surface area contributed by atoms with Gasteiger partial charge in [0.2, 0.25) is 0 Å². The monoisotopic (exact) mass is 354 g/mol. The van der Waals surface area contributed by atoms with Gasteiger partial charge in [-0.3, -0.25) is 0 Å². The van der Waals surface area contributed by atoms with E-state index in [0.29, 0.717) is 30.3 Å². The Bertz CT molecular complexity index is 667. The number of hydrogen-bond acceptors (Lipinski definition) is 4. The van der Waals surface area contributed by atoms with Crippen molar-refractivity contribution in [2.45, 2.75) is 32.6 Å². The van der Waals surface area contributed by atoms with Crippen LogP contribution in [0.4, 0.5) is 0 Å². The Morgan fingerprint density at radius 1 is 0.808 bits per heavy atom. The zero-order valence-corrected chi connectivity index (χ0v) is 15.2. The highest BCUT2D eigenvalue weighted by atomic mass is 16.5. The molecule has 0 aromatic heterocycles. The number of ether oxygens (including phenoxy) is 2. The molecule has 1 atom stereocenters. The minimum Gasteiger partial charge on any atom is -0.462 e. The first-order valence-corrected chi connectivity index (χ1v) is 9.15. The van der Waals surface area contributed by atoms with Gasteiger partial charge in [-0.25, -0.2) is 9.59 Å². The van der Waals surface area contributed by atoms with Gasteiger partial charge >= 0.3 is 11.9 Å². The molecule has 0 amide bonds. The summed E-state index contributed by atoms with van der Waals surface area (Å²) >= 11 is 0. The van der Waals surface area contributed by atoms with Crippen molar-refractivity contribution < 1.29 is 19.1 Å². The van der Waals surface area contributed by atoms with E-state index >= 15 is 0 Å². The van der Waals surface area contributed by atoms with Crippen molar-refractivity contribution in [3.8, 4) is 0 Å². The van der Waals surface area contributed by atoms with E-state index in [4.69, 9.17) is 9.47 Å². The van der Waals surface area contributed by atoms with Gasteiger partial charge in [-0.1, -0.05) is 49.7 Å². The lowest BCUT2D eigenvalue weighted by Crippen LogP contribution is -2.14. The zero-order valence-electron chi connectivity index (χ0n) is 15.2. The number of carbonyl (C=O) groups excluding carboxylic acids is 2. The van der Waals surface area contributed by atoms with Crippen LogP contribution in [-0.4, -0.2) is 25.2 Å². The van der Waals surface area contributed by atoms with Crippen molar-refractivity contribution in [1.82, 2.24) is 0 Å². The number of hydrogen-bond donors (Lipinski definition) is 0. The van der Waals surface area contributed by atoms with Gasteiger partial charge < -0.3 is 9.47 Å². The highest BCUT2D eigenvalue weighted by molar-refractivity contribution is 5.89. The van der Waals surface area contributed by atoms with Crippen LogP contribution in [0.2, 0.25) is 0 Å². The van der Waals surface area contributed by atoms with Gasteiger partial charge in [0, 0.05) is 0 Å². The summed E-state index contributed by atoms with van der Waals surface area (Å²) in [6.07, 6.45) is 3.64. The van der Waals surface area contributed by atoms with Gasteiger partial charge in [0.15, 0.2) is 0 Å². The molecule has 0 bridgehead atoms. The number of esters is 2. The molecule has 0 N–H and O–H groups in total. The third-order valence-corrected chi connectivity index (χ3v) is 4.29. The van der Waals surface area contributed by atoms with Gasteiger partial charge in [-0.2, -0.15) is 0 Å². The molecule has 0 fully saturated rings. The summed E-state index contributed by atoms with van der Waals surface area (Å²) in [6.45, 7) is 2.93. The lowest BCUT2D eigenvalue weighted by atomic mass is 10.0. The standard InChI is InChI=1S/C22H26O4/c1-2-18(17-26-22(24)20-14-7-4-8-15-20)11-9-10-16-25-21(23)19-12-5-3-6-13-19/h3-8,12-15,18H,2,9-11,16-17H2,1H3. The van der Waals surface area contributed by atoms with Gasteiger partial charge in [0.05, 0.1) is 24.3 Å². The fraction of sp³-hybridized carbons (Fsp3) is 0.364. The van der Waals surface area contributed by atoms with Crippen molar-refractivity contribution in [2.24, 2.45) is 5.92 Å². The lowest BCUT2D eigenvalue weighted by molar-refractivity contribution is 0.0414. The smallest absolute Gasteiger partial charge is 0.338 e. The van der Waals surface area contributed by atoms with E-state index in [9.17, 15) is 9.59 Å². The molecule has 0 heterocycles. The highest BCUT2D eigenvalue weighted by Gasteiger charge is 2.12. The third kappa shape index (κ3) is 6.71. The average Bonchev–Trinajstić information content (AvgIpc) is 2.71. The second-order valence-corrected chi connectivity index (χ2v) is 6.24. The molecule has 0 aliphatic carbocycles. The molecular formula is C22H26O4. The van der Waals surface area contributed by atoms with Crippen molar-refractivity contribution >= 4 is 11.9 Å². The molecule has 2 aromatic rings. The molecule has 0 radical (unpaired) electrons. The average molecular weight is 354 g/mol.